The number of hydrogen-bond donors (Lipinski definition) is 1. The first-order valence-corrected chi connectivity index (χ1v) is 14.1. The molecule has 3 aromatic carbocycles. The molecule has 4 rings (SSSR count). The maximum Gasteiger partial charge on any atom is 0.303 e. The van der Waals surface area contributed by atoms with Crippen molar-refractivity contribution in [2.24, 2.45) is 0 Å². The van der Waals surface area contributed by atoms with Gasteiger partial charge >= 0.3 is 5.97 Å². The van der Waals surface area contributed by atoms with Crippen molar-refractivity contribution in [1.29, 1.82) is 0 Å². The second kappa shape index (κ2) is 11.9. The zero-order chi connectivity index (χ0) is 25.7. The van der Waals surface area contributed by atoms with Crippen LogP contribution >= 0.6 is 11.8 Å². The summed E-state index contributed by atoms with van der Waals surface area (Å²) in [6.07, 6.45) is 4.24. The van der Waals surface area contributed by atoms with Gasteiger partial charge in [0, 0.05) is 0 Å². The number of benzene rings is 3. The predicted octanol–water partition coefficient (Wildman–Crippen LogP) is 7.75. The molecule has 0 heterocycles. The van der Waals surface area contributed by atoms with Crippen LogP contribution in [-0.2, 0) is 11.4 Å². The van der Waals surface area contributed by atoms with Crippen molar-refractivity contribution in [2.45, 2.75) is 58.5 Å². The third-order valence-corrected chi connectivity index (χ3v) is 7.67. The molecule has 3 aromatic rings. The number of carboxylic acid groups (broad SMARTS) is 1. The fraction of sp³-hybridized carbons (Fsp3) is 0.387. The van der Waals surface area contributed by atoms with E-state index in [4.69, 9.17) is 9.47 Å². The largest absolute Gasteiger partial charge is 0.494 e. The summed E-state index contributed by atoms with van der Waals surface area (Å²) in [5.74, 6) is 2.58. The summed E-state index contributed by atoms with van der Waals surface area (Å²) < 4.78 is 12.2. The van der Waals surface area contributed by atoms with E-state index < -0.39 is 5.97 Å². The summed E-state index contributed by atoms with van der Waals surface area (Å²) in [6, 6.07) is 18.9. The van der Waals surface area contributed by atoms with Gasteiger partial charge in [-0.2, -0.15) is 11.8 Å². The highest BCUT2D eigenvalue weighted by Gasteiger charge is 2.30. The van der Waals surface area contributed by atoms with Gasteiger partial charge in [0.05, 0.1) is 13.0 Å². The molecule has 36 heavy (non-hydrogen) atoms. The van der Waals surface area contributed by atoms with Crippen LogP contribution in [0, 0.1) is 13.8 Å². The van der Waals surface area contributed by atoms with E-state index in [1.54, 1.807) is 0 Å². The Hall–Kier alpha value is -2.92. The molecule has 0 bridgehead atoms. The van der Waals surface area contributed by atoms with Crippen LogP contribution in [0.2, 0.25) is 0 Å². The van der Waals surface area contributed by atoms with E-state index >= 15 is 0 Å². The minimum Gasteiger partial charge on any atom is -0.494 e. The number of carbonyl (C=O) groups is 1. The maximum atomic E-state index is 11.2. The summed E-state index contributed by atoms with van der Waals surface area (Å²) >= 11 is 1.84. The number of thioether (sulfide) groups is 1. The van der Waals surface area contributed by atoms with E-state index in [2.05, 4.69) is 75.6 Å². The van der Waals surface area contributed by atoms with E-state index in [-0.39, 0.29) is 12.3 Å². The molecule has 0 fully saturated rings. The van der Waals surface area contributed by atoms with E-state index in [9.17, 15) is 9.90 Å². The average Bonchev–Trinajstić information content (AvgIpc) is 3.14. The van der Waals surface area contributed by atoms with Crippen LogP contribution in [-0.4, -0.2) is 29.7 Å². The monoisotopic (exact) mass is 504 g/mol. The fourth-order valence-electron chi connectivity index (χ4n) is 5.37. The molecular formula is C31H36O4S. The molecule has 1 N–H and O–H groups in total. The Balaban J connectivity index is 1.45. The molecule has 0 spiro atoms. The van der Waals surface area contributed by atoms with Gasteiger partial charge in [-0.3, -0.25) is 4.79 Å². The van der Waals surface area contributed by atoms with Crippen molar-refractivity contribution >= 4 is 17.7 Å². The molecule has 5 heteroatoms. The topological polar surface area (TPSA) is 55.8 Å². The highest BCUT2D eigenvalue weighted by molar-refractivity contribution is 7.98. The van der Waals surface area contributed by atoms with E-state index in [0.29, 0.717) is 12.5 Å². The smallest absolute Gasteiger partial charge is 0.303 e. The summed E-state index contributed by atoms with van der Waals surface area (Å²) in [5, 5.41) is 9.22. The molecule has 0 radical (unpaired) electrons. The summed E-state index contributed by atoms with van der Waals surface area (Å²) in [7, 11) is 0. The van der Waals surface area contributed by atoms with E-state index in [0.717, 1.165) is 47.8 Å². The van der Waals surface area contributed by atoms with Gasteiger partial charge in [-0.05, 0) is 120 Å². The average molecular weight is 505 g/mol. The summed E-state index contributed by atoms with van der Waals surface area (Å²) in [5.41, 5.74) is 8.31. The van der Waals surface area contributed by atoms with Crippen LogP contribution in [0.15, 0.2) is 54.6 Å². The van der Waals surface area contributed by atoms with E-state index in [1.165, 1.54) is 27.8 Å². The molecule has 0 saturated heterocycles. The lowest BCUT2D eigenvalue weighted by Crippen LogP contribution is -2.03. The van der Waals surface area contributed by atoms with Gasteiger partial charge in [-0.25, -0.2) is 0 Å². The van der Waals surface area contributed by atoms with E-state index in [1.807, 2.05) is 17.8 Å². The normalized spacial score (nSPS) is 16.6. The third kappa shape index (κ3) is 6.25. The molecule has 1 aliphatic rings. The number of ether oxygens (including phenoxy) is 2. The molecule has 1 aliphatic carbocycles. The second-order valence-electron chi connectivity index (χ2n) is 9.84. The Labute approximate surface area is 219 Å². The third-order valence-electron chi connectivity index (χ3n) is 6.98. The van der Waals surface area contributed by atoms with Gasteiger partial charge in [0.1, 0.15) is 18.1 Å². The van der Waals surface area contributed by atoms with Crippen molar-refractivity contribution in [3.63, 3.8) is 0 Å². The predicted molar refractivity (Wildman–Crippen MR) is 149 cm³/mol. The maximum absolute atomic E-state index is 11.2. The minimum absolute atomic E-state index is 0.0943. The molecule has 2 unspecified atom stereocenters. The van der Waals surface area contributed by atoms with Gasteiger partial charge in [0.25, 0.3) is 0 Å². The Morgan fingerprint density at radius 1 is 1.00 bits per heavy atom. The standard InChI is InChI=1S/C31H36O4S/c1-20-13-25(17-30(32)33)28-10-9-26(18-29(20)28)35-19-23-7-5-8-24(16-23)31-21(2)14-27(15-22(31)3)34-11-6-12-36-4/h5,7-10,14-16,18,20,25H,6,11-13,17,19H2,1-4H3,(H,32,33). The minimum atomic E-state index is -0.737. The Kier molecular flexibility index (Phi) is 8.63. The van der Waals surface area contributed by atoms with Crippen molar-refractivity contribution in [3.8, 4) is 22.6 Å². The van der Waals surface area contributed by atoms with Crippen molar-refractivity contribution in [2.75, 3.05) is 18.6 Å². The zero-order valence-electron chi connectivity index (χ0n) is 21.7. The fourth-order valence-corrected chi connectivity index (χ4v) is 5.77. The molecule has 2 atom stereocenters. The van der Waals surface area contributed by atoms with Gasteiger partial charge in [0.2, 0.25) is 0 Å². The van der Waals surface area contributed by atoms with Crippen molar-refractivity contribution in [1.82, 2.24) is 0 Å². The lowest BCUT2D eigenvalue weighted by molar-refractivity contribution is -0.137. The summed E-state index contributed by atoms with van der Waals surface area (Å²) in [6.45, 7) is 7.67. The molecule has 4 nitrogen and oxygen atoms in total. The van der Waals surface area contributed by atoms with Crippen LogP contribution in [0.5, 0.6) is 11.5 Å². The Bertz CT molecular complexity index is 1200. The van der Waals surface area contributed by atoms with Gasteiger partial charge < -0.3 is 14.6 Å². The van der Waals surface area contributed by atoms with Crippen molar-refractivity contribution < 1.29 is 19.4 Å². The second-order valence-corrected chi connectivity index (χ2v) is 10.8. The van der Waals surface area contributed by atoms with Crippen LogP contribution in [0.1, 0.15) is 65.8 Å². The highest BCUT2D eigenvalue weighted by atomic mass is 32.2. The lowest BCUT2D eigenvalue weighted by atomic mass is 9.94. The molecule has 0 aromatic heterocycles. The highest BCUT2D eigenvalue weighted by Crippen LogP contribution is 2.44. The van der Waals surface area contributed by atoms with Gasteiger partial charge in [-0.1, -0.05) is 31.2 Å². The SMILES string of the molecule is CSCCCOc1cc(C)c(-c2cccc(COc3ccc4c(c3)C(C)CC4CC(=O)O)c2)c(C)c1. The van der Waals surface area contributed by atoms with Crippen LogP contribution in [0.4, 0.5) is 0 Å². The van der Waals surface area contributed by atoms with Crippen LogP contribution in [0.3, 0.4) is 0 Å². The molecular weight excluding hydrogens is 468 g/mol. The quantitative estimate of drug-likeness (QED) is 0.271. The number of aryl methyl sites for hydroxylation is 2. The first kappa shape index (κ1) is 26.2. The Morgan fingerprint density at radius 2 is 1.78 bits per heavy atom. The zero-order valence-corrected chi connectivity index (χ0v) is 22.5. The molecule has 0 amide bonds. The number of aliphatic carboxylic acids is 1. The van der Waals surface area contributed by atoms with Crippen molar-refractivity contribution in [3.05, 3.63) is 82.4 Å². The lowest BCUT2D eigenvalue weighted by Gasteiger charge is -2.15. The number of hydrogen-bond acceptors (Lipinski definition) is 4. The number of fused-ring (bicyclic) bond motifs is 1. The number of carboxylic acids is 1. The van der Waals surface area contributed by atoms with Gasteiger partial charge in [0.15, 0.2) is 0 Å². The van der Waals surface area contributed by atoms with Gasteiger partial charge in [-0.15, -0.1) is 0 Å². The molecule has 190 valence electrons. The first-order chi connectivity index (χ1) is 17.4. The molecule has 0 saturated carbocycles. The Morgan fingerprint density at radius 3 is 2.50 bits per heavy atom. The summed E-state index contributed by atoms with van der Waals surface area (Å²) in [4.78, 5) is 11.2. The number of rotatable bonds is 11. The van der Waals surface area contributed by atoms with Crippen LogP contribution in [0.25, 0.3) is 11.1 Å². The van der Waals surface area contributed by atoms with Crippen LogP contribution < -0.4 is 9.47 Å². The first-order valence-electron chi connectivity index (χ1n) is 12.7. The molecule has 0 aliphatic heterocycles.